The van der Waals surface area contributed by atoms with Crippen LogP contribution in [0, 0.1) is 5.92 Å². The highest BCUT2D eigenvalue weighted by atomic mass is 35.5. The van der Waals surface area contributed by atoms with Gasteiger partial charge < -0.3 is 10.2 Å². The lowest BCUT2D eigenvalue weighted by Gasteiger charge is -2.27. The van der Waals surface area contributed by atoms with Gasteiger partial charge in [-0.1, -0.05) is 23.7 Å². The van der Waals surface area contributed by atoms with Gasteiger partial charge in [0.05, 0.1) is 5.92 Å². The van der Waals surface area contributed by atoms with Gasteiger partial charge in [0.25, 0.3) is 0 Å². The smallest absolute Gasteiger partial charge is 0.227 e. The van der Waals surface area contributed by atoms with Crippen molar-refractivity contribution >= 4 is 29.9 Å². The van der Waals surface area contributed by atoms with Crippen LogP contribution in [0.1, 0.15) is 18.4 Å². The number of carbonyl (C=O) groups is 1. The summed E-state index contributed by atoms with van der Waals surface area (Å²) in [5, 5.41) is 4.00. The van der Waals surface area contributed by atoms with Crippen LogP contribution < -0.4 is 5.32 Å². The molecule has 0 saturated carbocycles. The maximum atomic E-state index is 12.2. The van der Waals surface area contributed by atoms with Crippen LogP contribution in [-0.4, -0.2) is 30.9 Å². The van der Waals surface area contributed by atoms with E-state index in [1.165, 1.54) is 0 Å². The molecule has 0 bridgehead atoms. The van der Waals surface area contributed by atoms with E-state index in [0.717, 1.165) is 36.5 Å². The summed E-state index contributed by atoms with van der Waals surface area (Å²) >= 11 is 5.84. The van der Waals surface area contributed by atoms with Crippen LogP contribution in [0.5, 0.6) is 0 Å². The fourth-order valence-corrected chi connectivity index (χ4v) is 2.44. The number of amides is 1. The number of carbonyl (C=O) groups excluding carboxylic acids is 1. The van der Waals surface area contributed by atoms with Crippen molar-refractivity contribution in [3.05, 3.63) is 34.9 Å². The van der Waals surface area contributed by atoms with Crippen molar-refractivity contribution in [1.29, 1.82) is 0 Å². The molecule has 0 spiro atoms. The molecule has 1 unspecified atom stereocenters. The summed E-state index contributed by atoms with van der Waals surface area (Å²) in [4.78, 5) is 14.0. The average molecular weight is 303 g/mol. The van der Waals surface area contributed by atoms with Crippen LogP contribution in [0.2, 0.25) is 5.02 Å². The Morgan fingerprint density at radius 2 is 2.11 bits per heavy atom. The van der Waals surface area contributed by atoms with Crippen molar-refractivity contribution in [1.82, 2.24) is 10.2 Å². The highest BCUT2D eigenvalue weighted by molar-refractivity contribution is 6.30. The van der Waals surface area contributed by atoms with Gasteiger partial charge in [0, 0.05) is 25.2 Å². The lowest BCUT2D eigenvalue weighted by atomic mass is 9.98. The topological polar surface area (TPSA) is 32.3 Å². The third-order valence-corrected chi connectivity index (χ3v) is 3.61. The lowest BCUT2D eigenvalue weighted by Crippen LogP contribution is -2.41. The molecule has 19 heavy (non-hydrogen) atoms. The molecule has 0 radical (unpaired) electrons. The number of nitrogens with one attached hydrogen (secondary N) is 1. The predicted octanol–water partition coefficient (Wildman–Crippen LogP) is 2.72. The first-order chi connectivity index (χ1) is 8.66. The van der Waals surface area contributed by atoms with E-state index >= 15 is 0 Å². The number of piperidine rings is 1. The summed E-state index contributed by atoms with van der Waals surface area (Å²) in [6.07, 6.45) is 2.09. The molecule has 1 aromatic rings. The molecule has 1 amide bonds. The van der Waals surface area contributed by atoms with E-state index < -0.39 is 0 Å². The highest BCUT2D eigenvalue weighted by Crippen LogP contribution is 2.15. The van der Waals surface area contributed by atoms with Gasteiger partial charge in [-0.2, -0.15) is 0 Å². The first kappa shape index (κ1) is 16.3. The largest absolute Gasteiger partial charge is 0.341 e. The maximum absolute atomic E-state index is 12.2. The van der Waals surface area contributed by atoms with Crippen molar-refractivity contribution in [2.24, 2.45) is 5.92 Å². The van der Waals surface area contributed by atoms with E-state index in [-0.39, 0.29) is 24.2 Å². The molecule has 1 saturated heterocycles. The van der Waals surface area contributed by atoms with Crippen LogP contribution in [0.4, 0.5) is 0 Å². The first-order valence-electron chi connectivity index (χ1n) is 6.37. The predicted molar refractivity (Wildman–Crippen MR) is 80.8 cm³/mol. The van der Waals surface area contributed by atoms with Gasteiger partial charge in [0.2, 0.25) is 5.91 Å². The minimum Gasteiger partial charge on any atom is -0.341 e. The second kappa shape index (κ2) is 7.73. The quantitative estimate of drug-likeness (QED) is 0.931. The number of benzene rings is 1. The Kier molecular flexibility index (Phi) is 6.63. The Morgan fingerprint density at radius 1 is 1.42 bits per heavy atom. The SMILES string of the molecule is CN(Cc1ccc(Cl)cc1)C(=O)C1CCCNC1.Cl. The summed E-state index contributed by atoms with van der Waals surface area (Å²) in [6, 6.07) is 7.64. The molecular formula is C14H20Cl2N2O. The van der Waals surface area contributed by atoms with Gasteiger partial charge in [-0.15, -0.1) is 12.4 Å². The summed E-state index contributed by atoms with van der Waals surface area (Å²) in [6.45, 7) is 2.49. The zero-order valence-electron chi connectivity index (χ0n) is 11.1. The first-order valence-corrected chi connectivity index (χ1v) is 6.75. The van der Waals surface area contributed by atoms with Gasteiger partial charge in [-0.05, 0) is 37.1 Å². The Labute approximate surface area is 125 Å². The zero-order valence-corrected chi connectivity index (χ0v) is 12.6. The van der Waals surface area contributed by atoms with E-state index in [1.54, 1.807) is 4.90 Å². The molecular weight excluding hydrogens is 283 g/mol. The fraction of sp³-hybridized carbons (Fsp3) is 0.500. The van der Waals surface area contributed by atoms with Crippen LogP contribution in [0.15, 0.2) is 24.3 Å². The van der Waals surface area contributed by atoms with Gasteiger partial charge >= 0.3 is 0 Å². The van der Waals surface area contributed by atoms with Crippen molar-refractivity contribution in [2.75, 3.05) is 20.1 Å². The van der Waals surface area contributed by atoms with E-state index in [1.807, 2.05) is 31.3 Å². The molecule has 1 heterocycles. The number of nitrogens with zero attached hydrogens (tertiary/aromatic N) is 1. The van der Waals surface area contributed by atoms with Crippen molar-refractivity contribution in [3.63, 3.8) is 0 Å². The Bertz CT molecular complexity index is 402. The molecule has 1 N–H and O–H groups in total. The molecule has 0 aromatic heterocycles. The van der Waals surface area contributed by atoms with Gasteiger partial charge in [-0.25, -0.2) is 0 Å². The minimum absolute atomic E-state index is 0. The molecule has 1 fully saturated rings. The second-order valence-electron chi connectivity index (χ2n) is 4.86. The highest BCUT2D eigenvalue weighted by Gasteiger charge is 2.23. The third-order valence-electron chi connectivity index (χ3n) is 3.36. The summed E-state index contributed by atoms with van der Waals surface area (Å²) in [7, 11) is 1.87. The van der Waals surface area contributed by atoms with Crippen molar-refractivity contribution < 1.29 is 4.79 Å². The Morgan fingerprint density at radius 3 is 2.68 bits per heavy atom. The normalized spacial score (nSPS) is 18.5. The standard InChI is InChI=1S/C14H19ClN2O.ClH/c1-17(10-11-4-6-13(15)7-5-11)14(18)12-3-2-8-16-9-12;/h4-7,12,16H,2-3,8-10H2,1H3;1H. The number of hydrogen-bond acceptors (Lipinski definition) is 2. The molecule has 5 heteroatoms. The maximum Gasteiger partial charge on any atom is 0.227 e. The minimum atomic E-state index is 0. The number of rotatable bonds is 3. The third kappa shape index (κ3) is 4.68. The Hall–Kier alpha value is -0.770. The van der Waals surface area contributed by atoms with Gasteiger partial charge in [0.1, 0.15) is 0 Å². The van der Waals surface area contributed by atoms with E-state index in [4.69, 9.17) is 11.6 Å². The van der Waals surface area contributed by atoms with Crippen LogP contribution >= 0.6 is 24.0 Å². The zero-order chi connectivity index (χ0) is 13.0. The van der Waals surface area contributed by atoms with Crippen molar-refractivity contribution in [2.45, 2.75) is 19.4 Å². The number of halogens is 2. The van der Waals surface area contributed by atoms with E-state index in [0.29, 0.717) is 6.54 Å². The molecule has 1 aromatic carbocycles. The van der Waals surface area contributed by atoms with Crippen LogP contribution in [0.3, 0.4) is 0 Å². The molecule has 2 rings (SSSR count). The van der Waals surface area contributed by atoms with E-state index in [9.17, 15) is 4.79 Å². The Balaban J connectivity index is 0.00000180. The summed E-state index contributed by atoms with van der Waals surface area (Å²) in [5.41, 5.74) is 1.11. The van der Waals surface area contributed by atoms with Crippen LogP contribution in [-0.2, 0) is 11.3 Å². The lowest BCUT2D eigenvalue weighted by molar-refractivity contribution is -0.135. The fourth-order valence-electron chi connectivity index (χ4n) is 2.32. The molecule has 106 valence electrons. The van der Waals surface area contributed by atoms with Crippen molar-refractivity contribution in [3.8, 4) is 0 Å². The summed E-state index contributed by atoms with van der Waals surface area (Å²) in [5.74, 6) is 0.369. The van der Waals surface area contributed by atoms with E-state index in [2.05, 4.69) is 5.32 Å². The average Bonchev–Trinajstić information content (AvgIpc) is 2.41. The molecule has 1 aliphatic rings. The molecule has 0 aliphatic carbocycles. The van der Waals surface area contributed by atoms with Gasteiger partial charge in [0.15, 0.2) is 0 Å². The molecule has 1 aliphatic heterocycles. The summed E-state index contributed by atoms with van der Waals surface area (Å²) < 4.78 is 0. The van der Waals surface area contributed by atoms with Crippen LogP contribution in [0.25, 0.3) is 0 Å². The second-order valence-corrected chi connectivity index (χ2v) is 5.30. The monoisotopic (exact) mass is 302 g/mol. The number of hydrogen-bond donors (Lipinski definition) is 1. The molecule has 3 nitrogen and oxygen atoms in total. The van der Waals surface area contributed by atoms with Gasteiger partial charge in [-0.3, -0.25) is 4.79 Å². The molecule has 1 atom stereocenters.